The van der Waals surface area contributed by atoms with E-state index in [0.29, 0.717) is 22.8 Å². The van der Waals surface area contributed by atoms with Crippen LogP contribution in [-0.4, -0.2) is 38.3 Å². The summed E-state index contributed by atoms with van der Waals surface area (Å²) in [5, 5.41) is 2.95. The van der Waals surface area contributed by atoms with Gasteiger partial charge in [0.15, 0.2) is 0 Å². The highest BCUT2D eigenvalue weighted by atomic mass is 35.5. The number of halogens is 1. The second-order valence-electron chi connectivity index (χ2n) is 4.62. The third-order valence-electron chi connectivity index (χ3n) is 3.27. The standard InChI is InChI=1S/C12H16ClN3O3S/c1-8-10(13)6-9(7-11(8)14)20(18,19)16-4-2-12(17)15-3-5-16/h6-7H,2-5,14H2,1H3,(H,15,17). The lowest BCUT2D eigenvalue weighted by Gasteiger charge is -2.20. The van der Waals surface area contributed by atoms with Gasteiger partial charge >= 0.3 is 0 Å². The monoisotopic (exact) mass is 317 g/mol. The Labute approximate surface area is 122 Å². The van der Waals surface area contributed by atoms with Gasteiger partial charge in [0.05, 0.1) is 4.90 Å². The molecule has 1 saturated heterocycles. The van der Waals surface area contributed by atoms with Crippen LogP contribution in [0.4, 0.5) is 5.69 Å². The third-order valence-corrected chi connectivity index (χ3v) is 5.54. The zero-order valence-corrected chi connectivity index (χ0v) is 12.6. The number of rotatable bonds is 2. The van der Waals surface area contributed by atoms with Crippen LogP contribution in [0.25, 0.3) is 0 Å². The second kappa shape index (κ2) is 5.59. The van der Waals surface area contributed by atoms with Gasteiger partial charge in [0.1, 0.15) is 0 Å². The van der Waals surface area contributed by atoms with Crippen molar-refractivity contribution in [2.24, 2.45) is 0 Å². The normalized spacial score (nSPS) is 17.6. The Kier molecular flexibility index (Phi) is 4.22. The molecule has 6 nitrogen and oxygen atoms in total. The molecule has 0 radical (unpaired) electrons. The minimum atomic E-state index is -3.69. The molecule has 20 heavy (non-hydrogen) atoms. The number of benzene rings is 1. The Morgan fingerprint density at radius 2 is 2.05 bits per heavy atom. The van der Waals surface area contributed by atoms with Gasteiger partial charge < -0.3 is 11.1 Å². The number of carbonyl (C=O) groups excluding carboxylic acids is 1. The number of nitrogen functional groups attached to an aromatic ring is 1. The van der Waals surface area contributed by atoms with Crippen LogP contribution in [0.5, 0.6) is 0 Å². The van der Waals surface area contributed by atoms with E-state index in [1.165, 1.54) is 16.4 Å². The number of hydrogen-bond acceptors (Lipinski definition) is 4. The first-order chi connectivity index (χ1) is 9.32. The van der Waals surface area contributed by atoms with Crippen LogP contribution in [0.3, 0.4) is 0 Å². The lowest BCUT2D eigenvalue weighted by atomic mass is 10.2. The molecule has 3 N–H and O–H groups in total. The fourth-order valence-electron chi connectivity index (χ4n) is 1.96. The van der Waals surface area contributed by atoms with E-state index in [1.54, 1.807) is 6.92 Å². The van der Waals surface area contributed by atoms with Gasteiger partial charge in [0, 0.05) is 36.8 Å². The van der Waals surface area contributed by atoms with Crippen LogP contribution in [0.2, 0.25) is 5.02 Å². The van der Waals surface area contributed by atoms with Gasteiger partial charge in [0.25, 0.3) is 0 Å². The molecule has 1 amide bonds. The van der Waals surface area contributed by atoms with Crippen molar-refractivity contribution in [2.45, 2.75) is 18.2 Å². The summed E-state index contributed by atoms with van der Waals surface area (Å²) in [7, 11) is -3.69. The molecule has 0 aromatic heterocycles. The first-order valence-electron chi connectivity index (χ1n) is 6.15. The number of amides is 1. The van der Waals surface area contributed by atoms with Crippen molar-refractivity contribution in [1.82, 2.24) is 9.62 Å². The number of nitrogens with one attached hydrogen (secondary N) is 1. The number of hydrogen-bond donors (Lipinski definition) is 2. The summed E-state index contributed by atoms with van der Waals surface area (Å²) in [6.45, 7) is 2.41. The smallest absolute Gasteiger partial charge is 0.243 e. The molecule has 1 heterocycles. The van der Waals surface area contributed by atoms with Crippen LogP contribution in [0.15, 0.2) is 17.0 Å². The average Bonchev–Trinajstić information content (AvgIpc) is 2.60. The highest BCUT2D eigenvalue weighted by molar-refractivity contribution is 7.89. The van der Waals surface area contributed by atoms with Crippen LogP contribution < -0.4 is 11.1 Å². The summed E-state index contributed by atoms with van der Waals surface area (Å²) in [5.41, 5.74) is 6.75. The van der Waals surface area contributed by atoms with E-state index in [2.05, 4.69) is 5.32 Å². The maximum atomic E-state index is 12.5. The van der Waals surface area contributed by atoms with E-state index in [9.17, 15) is 13.2 Å². The molecule has 1 fully saturated rings. The average molecular weight is 318 g/mol. The van der Waals surface area contributed by atoms with Crippen molar-refractivity contribution in [2.75, 3.05) is 25.4 Å². The minimum absolute atomic E-state index is 0.0555. The Balaban J connectivity index is 2.37. The quantitative estimate of drug-likeness (QED) is 0.787. The van der Waals surface area contributed by atoms with Crippen LogP contribution in [0.1, 0.15) is 12.0 Å². The van der Waals surface area contributed by atoms with Gasteiger partial charge in [-0.05, 0) is 24.6 Å². The number of carbonyl (C=O) groups is 1. The number of nitrogens with zero attached hydrogens (tertiary/aromatic N) is 1. The SMILES string of the molecule is Cc1c(N)cc(S(=O)(=O)N2CCNC(=O)CC2)cc1Cl. The summed E-state index contributed by atoms with van der Waals surface area (Å²) in [4.78, 5) is 11.3. The summed E-state index contributed by atoms with van der Waals surface area (Å²) in [5.74, 6) is -0.149. The van der Waals surface area contributed by atoms with Gasteiger partial charge in [-0.15, -0.1) is 0 Å². The molecule has 0 bridgehead atoms. The van der Waals surface area contributed by atoms with Crippen molar-refractivity contribution in [3.05, 3.63) is 22.7 Å². The number of sulfonamides is 1. The van der Waals surface area contributed by atoms with E-state index in [0.717, 1.165) is 0 Å². The van der Waals surface area contributed by atoms with E-state index < -0.39 is 10.0 Å². The minimum Gasteiger partial charge on any atom is -0.398 e. The van der Waals surface area contributed by atoms with Crippen LogP contribution in [0, 0.1) is 6.92 Å². The first kappa shape index (κ1) is 15.1. The molecule has 1 aliphatic heterocycles. The molecule has 0 aliphatic carbocycles. The lowest BCUT2D eigenvalue weighted by molar-refractivity contribution is -0.120. The van der Waals surface area contributed by atoms with Gasteiger partial charge in [-0.3, -0.25) is 4.79 Å². The predicted molar refractivity (Wildman–Crippen MR) is 77.0 cm³/mol. The van der Waals surface area contributed by atoms with Gasteiger partial charge in [-0.25, -0.2) is 8.42 Å². The Morgan fingerprint density at radius 1 is 1.35 bits per heavy atom. The molecular formula is C12H16ClN3O3S. The van der Waals surface area contributed by atoms with Crippen LogP contribution >= 0.6 is 11.6 Å². The molecule has 1 aromatic carbocycles. The molecule has 8 heteroatoms. The maximum absolute atomic E-state index is 12.5. The van der Waals surface area contributed by atoms with Crippen molar-refractivity contribution in [1.29, 1.82) is 0 Å². The zero-order chi connectivity index (χ0) is 14.9. The molecule has 1 aromatic rings. The Bertz CT molecular complexity index is 622. The molecule has 2 rings (SSSR count). The van der Waals surface area contributed by atoms with Crippen LogP contribution in [-0.2, 0) is 14.8 Å². The lowest BCUT2D eigenvalue weighted by Crippen LogP contribution is -2.34. The topological polar surface area (TPSA) is 92.5 Å². The Hall–Kier alpha value is -1.31. The molecule has 0 spiro atoms. The van der Waals surface area contributed by atoms with E-state index in [-0.39, 0.29) is 30.3 Å². The molecule has 0 atom stereocenters. The van der Waals surface area contributed by atoms with Crippen molar-refractivity contribution < 1.29 is 13.2 Å². The fraction of sp³-hybridized carbons (Fsp3) is 0.417. The van der Waals surface area contributed by atoms with E-state index in [4.69, 9.17) is 17.3 Å². The zero-order valence-electron chi connectivity index (χ0n) is 11.0. The maximum Gasteiger partial charge on any atom is 0.243 e. The van der Waals surface area contributed by atoms with Gasteiger partial charge in [0.2, 0.25) is 15.9 Å². The summed E-state index contributed by atoms with van der Waals surface area (Å²) < 4.78 is 26.3. The third kappa shape index (κ3) is 2.89. The molecule has 0 saturated carbocycles. The predicted octanol–water partition coefficient (Wildman–Crippen LogP) is 0.741. The van der Waals surface area contributed by atoms with E-state index in [1.807, 2.05) is 0 Å². The fourth-order valence-corrected chi connectivity index (χ4v) is 3.75. The Morgan fingerprint density at radius 3 is 2.70 bits per heavy atom. The largest absolute Gasteiger partial charge is 0.398 e. The van der Waals surface area contributed by atoms with Crippen molar-refractivity contribution >= 4 is 33.2 Å². The highest BCUT2D eigenvalue weighted by Crippen LogP contribution is 2.27. The molecule has 0 unspecified atom stereocenters. The summed E-state index contributed by atoms with van der Waals surface area (Å²) in [6.07, 6.45) is 0.147. The van der Waals surface area contributed by atoms with Crippen molar-refractivity contribution in [3.63, 3.8) is 0 Å². The summed E-state index contributed by atoms with van der Waals surface area (Å²) in [6, 6.07) is 2.79. The highest BCUT2D eigenvalue weighted by Gasteiger charge is 2.27. The van der Waals surface area contributed by atoms with E-state index >= 15 is 0 Å². The molecule has 110 valence electrons. The first-order valence-corrected chi connectivity index (χ1v) is 7.96. The van der Waals surface area contributed by atoms with Gasteiger partial charge in [-0.1, -0.05) is 11.6 Å². The second-order valence-corrected chi connectivity index (χ2v) is 6.97. The summed E-state index contributed by atoms with van der Waals surface area (Å²) >= 11 is 5.99. The van der Waals surface area contributed by atoms with Crippen molar-refractivity contribution in [3.8, 4) is 0 Å². The number of nitrogens with two attached hydrogens (primary N) is 1. The van der Waals surface area contributed by atoms with Gasteiger partial charge in [-0.2, -0.15) is 4.31 Å². The number of anilines is 1. The molecule has 1 aliphatic rings. The molecular weight excluding hydrogens is 302 g/mol.